The van der Waals surface area contributed by atoms with Gasteiger partial charge in [-0.15, -0.1) is 0 Å². The molecule has 0 radical (unpaired) electrons. The van der Waals surface area contributed by atoms with Gasteiger partial charge in [0.15, 0.2) is 0 Å². The molecule has 4 heteroatoms. The number of benzene rings is 2. The van der Waals surface area contributed by atoms with Crippen LogP contribution in [0.3, 0.4) is 0 Å². The van der Waals surface area contributed by atoms with E-state index in [0.29, 0.717) is 11.1 Å². The molecule has 0 aliphatic rings. The lowest BCUT2D eigenvalue weighted by Crippen LogP contribution is -2.01. The van der Waals surface area contributed by atoms with Crippen molar-refractivity contribution >= 4 is 5.97 Å². The highest BCUT2D eigenvalue weighted by molar-refractivity contribution is 5.90. The first-order valence-electron chi connectivity index (χ1n) is 5.25. The van der Waals surface area contributed by atoms with Crippen LogP contribution < -0.4 is 0 Å². The van der Waals surface area contributed by atoms with Gasteiger partial charge in [0.05, 0.1) is 12.7 Å². The molecule has 0 unspecified atom stereocenters. The van der Waals surface area contributed by atoms with Gasteiger partial charge >= 0.3 is 5.97 Å². The zero-order chi connectivity index (χ0) is 13.1. The predicted octanol–water partition coefficient (Wildman–Crippen LogP) is 3.42. The maximum atomic E-state index is 13.6. The predicted molar refractivity (Wildman–Crippen MR) is 63.1 cm³/mol. The van der Waals surface area contributed by atoms with Crippen molar-refractivity contribution in [2.45, 2.75) is 0 Å². The van der Waals surface area contributed by atoms with E-state index in [1.807, 2.05) is 0 Å². The molecular weight excluding hydrogens is 238 g/mol. The highest BCUT2D eigenvalue weighted by Crippen LogP contribution is 2.24. The van der Waals surface area contributed by atoms with E-state index in [2.05, 4.69) is 4.74 Å². The lowest BCUT2D eigenvalue weighted by atomic mass is 10.0. The summed E-state index contributed by atoms with van der Waals surface area (Å²) in [5.41, 5.74) is 1.05. The number of hydrogen-bond acceptors (Lipinski definition) is 2. The van der Waals surface area contributed by atoms with Gasteiger partial charge in [-0.25, -0.2) is 13.6 Å². The molecule has 0 aliphatic heterocycles. The zero-order valence-electron chi connectivity index (χ0n) is 9.61. The number of carbonyl (C=O) groups is 1. The first-order valence-corrected chi connectivity index (χ1v) is 5.25. The van der Waals surface area contributed by atoms with Crippen LogP contribution >= 0.6 is 0 Å². The number of halogens is 2. The molecule has 0 fully saturated rings. The minimum Gasteiger partial charge on any atom is -0.465 e. The second-order valence-corrected chi connectivity index (χ2v) is 3.70. The Morgan fingerprint density at radius 1 is 1.11 bits per heavy atom. The van der Waals surface area contributed by atoms with Crippen LogP contribution in [-0.2, 0) is 4.74 Å². The average molecular weight is 248 g/mol. The standard InChI is InChI=1S/C14H10F2O2/c1-18-14(17)10-4-2-3-9(7-10)12-6-5-11(15)8-13(12)16/h2-8H,1H3. The van der Waals surface area contributed by atoms with Crippen molar-refractivity contribution in [1.29, 1.82) is 0 Å². The Kier molecular flexibility index (Phi) is 3.37. The Morgan fingerprint density at radius 3 is 2.56 bits per heavy atom. The van der Waals surface area contributed by atoms with Crippen LogP contribution in [0.25, 0.3) is 11.1 Å². The Balaban J connectivity index is 2.48. The molecule has 0 aliphatic carbocycles. The van der Waals surface area contributed by atoms with E-state index < -0.39 is 17.6 Å². The third-order valence-electron chi connectivity index (χ3n) is 2.53. The number of rotatable bonds is 2. The SMILES string of the molecule is COC(=O)c1cccc(-c2ccc(F)cc2F)c1. The van der Waals surface area contributed by atoms with Gasteiger partial charge in [-0.3, -0.25) is 0 Å². The second kappa shape index (κ2) is 4.96. The van der Waals surface area contributed by atoms with Gasteiger partial charge < -0.3 is 4.74 Å². The lowest BCUT2D eigenvalue weighted by molar-refractivity contribution is 0.0601. The molecule has 2 nitrogen and oxygen atoms in total. The van der Waals surface area contributed by atoms with Crippen molar-refractivity contribution in [1.82, 2.24) is 0 Å². The van der Waals surface area contributed by atoms with Crippen molar-refractivity contribution in [3.05, 3.63) is 59.7 Å². The number of esters is 1. The van der Waals surface area contributed by atoms with Gasteiger partial charge in [-0.1, -0.05) is 12.1 Å². The van der Waals surface area contributed by atoms with Crippen LogP contribution in [0.5, 0.6) is 0 Å². The van der Waals surface area contributed by atoms with Crippen molar-refractivity contribution < 1.29 is 18.3 Å². The van der Waals surface area contributed by atoms with Crippen LogP contribution in [0, 0.1) is 11.6 Å². The second-order valence-electron chi connectivity index (χ2n) is 3.70. The van der Waals surface area contributed by atoms with Crippen molar-refractivity contribution in [2.75, 3.05) is 7.11 Å². The summed E-state index contributed by atoms with van der Waals surface area (Å²) in [7, 11) is 1.27. The fourth-order valence-corrected chi connectivity index (χ4v) is 1.66. The summed E-state index contributed by atoms with van der Waals surface area (Å²) < 4.78 is 31.0. The number of methoxy groups -OCH3 is 1. The smallest absolute Gasteiger partial charge is 0.337 e. The van der Waals surface area contributed by atoms with E-state index in [9.17, 15) is 13.6 Å². The van der Waals surface area contributed by atoms with Gasteiger partial charge in [-0.05, 0) is 29.8 Å². The molecular formula is C14H10F2O2. The zero-order valence-corrected chi connectivity index (χ0v) is 9.61. The summed E-state index contributed by atoms with van der Waals surface area (Å²) in [6.45, 7) is 0. The molecule has 0 bridgehead atoms. The van der Waals surface area contributed by atoms with Crippen molar-refractivity contribution in [2.24, 2.45) is 0 Å². The van der Waals surface area contributed by atoms with Gasteiger partial charge in [0.2, 0.25) is 0 Å². The summed E-state index contributed by atoms with van der Waals surface area (Å²) in [6, 6.07) is 9.64. The largest absolute Gasteiger partial charge is 0.465 e. The molecule has 0 saturated carbocycles. The van der Waals surface area contributed by atoms with E-state index >= 15 is 0 Å². The van der Waals surface area contributed by atoms with E-state index in [0.717, 1.165) is 6.07 Å². The number of hydrogen-bond donors (Lipinski definition) is 0. The molecule has 0 aromatic heterocycles. The highest BCUT2D eigenvalue weighted by atomic mass is 19.1. The first kappa shape index (κ1) is 12.2. The minimum absolute atomic E-state index is 0.238. The molecule has 0 amide bonds. The lowest BCUT2D eigenvalue weighted by Gasteiger charge is -2.05. The monoisotopic (exact) mass is 248 g/mol. The molecule has 0 heterocycles. The summed E-state index contributed by atoms with van der Waals surface area (Å²) in [4.78, 5) is 11.4. The maximum absolute atomic E-state index is 13.6. The van der Waals surface area contributed by atoms with Crippen molar-refractivity contribution in [3.63, 3.8) is 0 Å². The molecule has 2 aromatic carbocycles. The third-order valence-corrected chi connectivity index (χ3v) is 2.53. The van der Waals surface area contributed by atoms with Gasteiger partial charge in [0.25, 0.3) is 0 Å². The van der Waals surface area contributed by atoms with Crippen molar-refractivity contribution in [3.8, 4) is 11.1 Å². The quantitative estimate of drug-likeness (QED) is 0.761. The van der Waals surface area contributed by atoms with Crippen LogP contribution in [0.4, 0.5) is 8.78 Å². The number of carbonyl (C=O) groups excluding carboxylic acids is 1. The van der Waals surface area contributed by atoms with Gasteiger partial charge in [-0.2, -0.15) is 0 Å². The molecule has 0 saturated heterocycles. The van der Waals surface area contributed by atoms with Crippen LogP contribution in [0.15, 0.2) is 42.5 Å². The topological polar surface area (TPSA) is 26.3 Å². The van der Waals surface area contributed by atoms with E-state index in [-0.39, 0.29) is 5.56 Å². The normalized spacial score (nSPS) is 10.2. The summed E-state index contributed by atoms with van der Waals surface area (Å²) >= 11 is 0. The molecule has 0 atom stereocenters. The Bertz CT molecular complexity index is 594. The molecule has 92 valence electrons. The van der Waals surface area contributed by atoms with E-state index in [4.69, 9.17) is 0 Å². The summed E-state index contributed by atoms with van der Waals surface area (Å²) in [5.74, 6) is -1.81. The average Bonchev–Trinajstić information content (AvgIpc) is 2.38. The fourth-order valence-electron chi connectivity index (χ4n) is 1.66. The van der Waals surface area contributed by atoms with Gasteiger partial charge in [0, 0.05) is 11.6 Å². The van der Waals surface area contributed by atoms with E-state index in [1.54, 1.807) is 18.2 Å². The molecule has 18 heavy (non-hydrogen) atoms. The molecule has 0 N–H and O–H groups in total. The highest BCUT2D eigenvalue weighted by Gasteiger charge is 2.10. The third kappa shape index (κ3) is 2.37. The first-order chi connectivity index (χ1) is 8.61. The Labute approximate surface area is 103 Å². The molecule has 2 aromatic rings. The maximum Gasteiger partial charge on any atom is 0.337 e. The van der Waals surface area contributed by atoms with Crippen LogP contribution in [0.1, 0.15) is 10.4 Å². The Morgan fingerprint density at radius 2 is 1.89 bits per heavy atom. The van der Waals surface area contributed by atoms with E-state index in [1.165, 1.54) is 25.3 Å². The Hall–Kier alpha value is -2.23. The number of ether oxygens (including phenoxy) is 1. The van der Waals surface area contributed by atoms with Crippen LogP contribution in [-0.4, -0.2) is 13.1 Å². The summed E-state index contributed by atoms with van der Waals surface area (Å²) in [5, 5.41) is 0. The summed E-state index contributed by atoms with van der Waals surface area (Å²) in [6.07, 6.45) is 0. The fraction of sp³-hybridized carbons (Fsp3) is 0.0714. The minimum atomic E-state index is -0.669. The molecule has 2 rings (SSSR count). The van der Waals surface area contributed by atoms with Gasteiger partial charge in [0.1, 0.15) is 11.6 Å². The molecule has 0 spiro atoms. The van der Waals surface area contributed by atoms with Crippen LogP contribution in [0.2, 0.25) is 0 Å².